The Hall–Kier alpha value is -3.82. The highest BCUT2D eigenvalue weighted by Crippen LogP contribution is 2.27. The molecule has 0 aliphatic heterocycles. The van der Waals surface area contributed by atoms with Gasteiger partial charge in [-0.05, 0) is 33.9 Å². The molecule has 0 saturated carbocycles. The van der Waals surface area contributed by atoms with Crippen molar-refractivity contribution in [3.63, 3.8) is 0 Å². The molecule has 0 unspecified atom stereocenters. The predicted molar refractivity (Wildman–Crippen MR) is 127 cm³/mol. The van der Waals surface area contributed by atoms with Crippen molar-refractivity contribution in [3.05, 3.63) is 114 Å². The van der Waals surface area contributed by atoms with E-state index in [1.165, 1.54) is 11.1 Å². The van der Waals surface area contributed by atoms with E-state index < -0.39 is 0 Å². The van der Waals surface area contributed by atoms with Crippen LogP contribution in [0.15, 0.2) is 109 Å². The van der Waals surface area contributed by atoms with Crippen molar-refractivity contribution < 1.29 is 0 Å². The fourth-order valence-electron chi connectivity index (χ4n) is 3.49. The van der Waals surface area contributed by atoms with Gasteiger partial charge in [0.25, 0.3) is 0 Å². The third kappa shape index (κ3) is 4.23. The molecule has 4 aromatic carbocycles. The first kappa shape index (κ1) is 19.2. The van der Waals surface area contributed by atoms with E-state index >= 15 is 0 Å². The van der Waals surface area contributed by atoms with Crippen LogP contribution in [0.2, 0.25) is 5.28 Å². The Morgan fingerprint density at radius 1 is 0.355 bits per heavy atom. The minimum Gasteiger partial charge on any atom is -0.208 e. The zero-order chi connectivity index (χ0) is 21.0. The smallest absolute Gasteiger partial charge is 0.208 e. The van der Waals surface area contributed by atoms with E-state index in [1.54, 1.807) is 0 Å². The van der Waals surface area contributed by atoms with Gasteiger partial charge in [-0.3, -0.25) is 0 Å². The first-order valence-electron chi connectivity index (χ1n) is 9.99. The maximum absolute atomic E-state index is 6.24. The highest BCUT2D eigenvalue weighted by atomic mass is 35.5. The maximum Gasteiger partial charge on any atom is 0.226 e. The Morgan fingerprint density at radius 2 is 0.677 bits per heavy atom. The molecule has 4 heteroatoms. The molecule has 0 saturated heterocycles. The Morgan fingerprint density at radius 3 is 1.06 bits per heavy atom. The summed E-state index contributed by atoms with van der Waals surface area (Å²) < 4.78 is 0. The van der Waals surface area contributed by atoms with Gasteiger partial charge >= 0.3 is 0 Å². The molecule has 0 bridgehead atoms. The highest BCUT2D eigenvalue weighted by Gasteiger charge is 2.10. The van der Waals surface area contributed by atoms with E-state index in [2.05, 4.69) is 63.5 Å². The Labute approximate surface area is 186 Å². The fourth-order valence-corrected chi connectivity index (χ4v) is 3.65. The van der Waals surface area contributed by atoms with Gasteiger partial charge in [-0.15, -0.1) is 0 Å². The number of halogens is 1. The van der Waals surface area contributed by atoms with Crippen LogP contribution in [0.1, 0.15) is 0 Å². The average Bonchev–Trinajstić information content (AvgIpc) is 2.85. The van der Waals surface area contributed by atoms with Gasteiger partial charge in [0.1, 0.15) is 0 Å². The van der Waals surface area contributed by atoms with Crippen LogP contribution in [0.4, 0.5) is 0 Å². The van der Waals surface area contributed by atoms with Gasteiger partial charge in [0, 0.05) is 11.1 Å². The highest BCUT2D eigenvalue weighted by molar-refractivity contribution is 6.28. The quantitative estimate of drug-likeness (QED) is 0.309. The summed E-state index contributed by atoms with van der Waals surface area (Å²) in [6.07, 6.45) is 0. The molecule has 5 rings (SSSR count). The molecule has 1 aromatic heterocycles. The van der Waals surface area contributed by atoms with Crippen LogP contribution in [0.3, 0.4) is 0 Å². The van der Waals surface area contributed by atoms with E-state index in [0.29, 0.717) is 11.6 Å². The predicted octanol–water partition coefficient (Wildman–Crippen LogP) is 7.19. The SMILES string of the molecule is Clc1nc(-c2ccc(-c3ccccc3)cc2)nc(-c2ccc(-c3ccccc3)cc2)n1. The van der Waals surface area contributed by atoms with Crippen molar-refractivity contribution in [3.8, 4) is 45.0 Å². The summed E-state index contributed by atoms with van der Waals surface area (Å²) in [7, 11) is 0. The van der Waals surface area contributed by atoms with Gasteiger partial charge < -0.3 is 0 Å². The number of aromatic nitrogens is 3. The number of hydrogen-bond donors (Lipinski definition) is 0. The second kappa shape index (κ2) is 8.50. The van der Waals surface area contributed by atoms with Crippen LogP contribution in [-0.4, -0.2) is 15.0 Å². The van der Waals surface area contributed by atoms with Crippen molar-refractivity contribution in [1.29, 1.82) is 0 Å². The Balaban J connectivity index is 1.45. The van der Waals surface area contributed by atoms with Crippen molar-refractivity contribution in [2.24, 2.45) is 0 Å². The van der Waals surface area contributed by atoms with Gasteiger partial charge in [-0.25, -0.2) is 4.98 Å². The van der Waals surface area contributed by atoms with Crippen molar-refractivity contribution in [2.75, 3.05) is 0 Å². The van der Waals surface area contributed by atoms with Crippen LogP contribution in [-0.2, 0) is 0 Å². The molecule has 0 spiro atoms. The summed E-state index contributed by atoms with van der Waals surface area (Å²) in [5.74, 6) is 1.11. The molecule has 31 heavy (non-hydrogen) atoms. The molecule has 0 fully saturated rings. The molecule has 3 nitrogen and oxygen atoms in total. The number of hydrogen-bond acceptors (Lipinski definition) is 3. The largest absolute Gasteiger partial charge is 0.226 e. The van der Waals surface area contributed by atoms with Crippen molar-refractivity contribution in [2.45, 2.75) is 0 Å². The minimum absolute atomic E-state index is 0.180. The Kier molecular flexibility index (Phi) is 5.26. The fraction of sp³-hybridized carbons (Fsp3) is 0. The molecule has 0 aliphatic carbocycles. The monoisotopic (exact) mass is 419 g/mol. The minimum atomic E-state index is 0.180. The molecule has 1 heterocycles. The van der Waals surface area contributed by atoms with Gasteiger partial charge in [-0.2, -0.15) is 9.97 Å². The summed E-state index contributed by atoms with van der Waals surface area (Å²) in [5, 5.41) is 0.180. The summed E-state index contributed by atoms with van der Waals surface area (Å²) in [4.78, 5) is 13.4. The third-order valence-electron chi connectivity index (χ3n) is 5.11. The molecule has 0 radical (unpaired) electrons. The van der Waals surface area contributed by atoms with Gasteiger partial charge in [0.2, 0.25) is 5.28 Å². The average molecular weight is 420 g/mol. The lowest BCUT2D eigenvalue weighted by molar-refractivity contribution is 1.07. The summed E-state index contributed by atoms with van der Waals surface area (Å²) in [6, 6.07) is 36.8. The lowest BCUT2D eigenvalue weighted by atomic mass is 10.0. The zero-order valence-corrected chi connectivity index (χ0v) is 17.4. The maximum atomic E-state index is 6.24. The zero-order valence-electron chi connectivity index (χ0n) is 16.6. The van der Waals surface area contributed by atoms with Crippen LogP contribution in [0.25, 0.3) is 45.0 Å². The standard InChI is InChI=1S/C27H18ClN3/c28-27-30-25(23-15-11-21(12-16-23)19-7-3-1-4-8-19)29-26(31-27)24-17-13-22(14-18-24)20-9-5-2-6-10-20/h1-18H. The molecular formula is C27H18ClN3. The molecule has 0 N–H and O–H groups in total. The molecular weight excluding hydrogens is 402 g/mol. The third-order valence-corrected chi connectivity index (χ3v) is 5.28. The molecule has 5 aromatic rings. The molecule has 0 atom stereocenters. The molecule has 0 aliphatic rings. The van der Waals surface area contributed by atoms with Gasteiger partial charge in [-0.1, -0.05) is 109 Å². The normalized spacial score (nSPS) is 10.7. The lowest BCUT2D eigenvalue weighted by Gasteiger charge is -2.07. The first-order valence-corrected chi connectivity index (χ1v) is 10.4. The van der Waals surface area contributed by atoms with E-state index in [0.717, 1.165) is 22.3 Å². The molecule has 0 amide bonds. The van der Waals surface area contributed by atoms with Crippen molar-refractivity contribution >= 4 is 11.6 Å². The number of nitrogens with zero attached hydrogens (tertiary/aromatic N) is 3. The summed E-state index contributed by atoms with van der Waals surface area (Å²) in [6.45, 7) is 0. The van der Waals surface area contributed by atoms with E-state index in [9.17, 15) is 0 Å². The van der Waals surface area contributed by atoms with Crippen LogP contribution in [0, 0.1) is 0 Å². The van der Waals surface area contributed by atoms with E-state index in [4.69, 9.17) is 11.6 Å². The summed E-state index contributed by atoms with van der Waals surface area (Å²) in [5.41, 5.74) is 6.41. The summed E-state index contributed by atoms with van der Waals surface area (Å²) >= 11 is 6.24. The number of rotatable bonds is 4. The second-order valence-corrected chi connectivity index (χ2v) is 7.48. The van der Waals surface area contributed by atoms with Crippen LogP contribution >= 0.6 is 11.6 Å². The lowest BCUT2D eigenvalue weighted by Crippen LogP contribution is -1.97. The number of benzene rings is 4. The van der Waals surface area contributed by atoms with E-state index in [1.807, 2.05) is 60.7 Å². The van der Waals surface area contributed by atoms with Crippen LogP contribution in [0.5, 0.6) is 0 Å². The topological polar surface area (TPSA) is 38.7 Å². The van der Waals surface area contributed by atoms with Gasteiger partial charge in [0.05, 0.1) is 0 Å². The van der Waals surface area contributed by atoms with E-state index in [-0.39, 0.29) is 5.28 Å². The second-order valence-electron chi connectivity index (χ2n) is 7.14. The van der Waals surface area contributed by atoms with Gasteiger partial charge in [0.15, 0.2) is 11.6 Å². The first-order chi connectivity index (χ1) is 15.3. The van der Waals surface area contributed by atoms with Crippen molar-refractivity contribution in [1.82, 2.24) is 15.0 Å². The molecule has 148 valence electrons. The Bertz CT molecular complexity index is 1200. The van der Waals surface area contributed by atoms with Crippen LogP contribution < -0.4 is 0 Å².